The SMILES string of the molecule is CC(C)CN1CCN(C(=NCC2CCOC2)NCCc2ccco2)CC1.I. The number of piperazine rings is 1. The van der Waals surface area contributed by atoms with Crippen molar-refractivity contribution in [3.63, 3.8) is 0 Å². The molecule has 2 fully saturated rings. The Kier molecular flexibility index (Phi) is 9.92. The molecule has 1 N–H and O–H groups in total. The van der Waals surface area contributed by atoms with Crippen molar-refractivity contribution in [2.24, 2.45) is 16.8 Å². The maximum absolute atomic E-state index is 5.49. The number of halogens is 1. The zero-order chi connectivity index (χ0) is 18.2. The Morgan fingerprint density at radius 2 is 2.11 bits per heavy atom. The van der Waals surface area contributed by atoms with Crippen molar-refractivity contribution in [2.45, 2.75) is 26.7 Å². The van der Waals surface area contributed by atoms with Crippen LogP contribution in [0.25, 0.3) is 0 Å². The van der Waals surface area contributed by atoms with E-state index in [0.717, 1.165) is 83.0 Å². The Bertz CT molecular complexity index is 536. The van der Waals surface area contributed by atoms with Crippen molar-refractivity contribution in [3.8, 4) is 0 Å². The fraction of sp³-hybridized carbons (Fsp3) is 0.750. The van der Waals surface area contributed by atoms with Crippen molar-refractivity contribution in [3.05, 3.63) is 24.2 Å². The summed E-state index contributed by atoms with van der Waals surface area (Å²) < 4.78 is 10.9. The third-order valence-corrected chi connectivity index (χ3v) is 5.05. The molecule has 2 saturated heterocycles. The highest BCUT2D eigenvalue weighted by molar-refractivity contribution is 14.0. The van der Waals surface area contributed by atoms with E-state index in [2.05, 4.69) is 29.0 Å². The van der Waals surface area contributed by atoms with E-state index in [1.165, 1.54) is 6.54 Å². The lowest BCUT2D eigenvalue weighted by Crippen LogP contribution is -2.53. The van der Waals surface area contributed by atoms with Gasteiger partial charge in [-0.3, -0.25) is 9.89 Å². The molecule has 1 atom stereocenters. The highest BCUT2D eigenvalue weighted by Gasteiger charge is 2.21. The van der Waals surface area contributed by atoms with Gasteiger partial charge >= 0.3 is 0 Å². The van der Waals surface area contributed by atoms with Crippen molar-refractivity contribution in [1.82, 2.24) is 15.1 Å². The number of nitrogens with one attached hydrogen (secondary N) is 1. The fourth-order valence-electron chi connectivity index (χ4n) is 3.62. The summed E-state index contributed by atoms with van der Waals surface area (Å²) >= 11 is 0. The van der Waals surface area contributed by atoms with Crippen LogP contribution in [0.1, 0.15) is 26.0 Å². The first-order chi connectivity index (χ1) is 12.7. The van der Waals surface area contributed by atoms with Crippen LogP contribution in [0.2, 0.25) is 0 Å². The van der Waals surface area contributed by atoms with Crippen LogP contribution in [0.5, 0.6) is 0 Å². The summed E-state index contributed by atoms with van der Waals surface area (Å²) in [4.78, 5) is 9.91. The molecule has 0 bridgehead atoms. The number of furan rings is 1. The molecule has 0 radical (unpaired) electrons. The van der Waals surface area contributed by atoms with Crippen LogP contribution in [0.4, 0.5) is 0 Å². The van der Waals surface area contributed by atoms with Crippen LogP contribution >= 0.6 is 24.0 Å². The maximum atomic E-state index is 5.49. The molecule has 3 rings (SSSR count). The summed E-state index contributed by atoms with van der Waals surface area (Å²) in [5.74, 6) is 3.36. The lowest BCUT2D eigenvalue weighted by molar-refractivity contribution is 0.163. The molecule has 1 aromatic heterocycles. The zero-order valence-electron chi connectivity index (χ0n) is 16.7. The zero-order valence-corrected chi connectivity index (χ0v) is 19.1. The molecular weight excluding hydrogens is 455 g/mol. The number of ether oxygens (including phenoxy) is 1. The second-order valence-corrected chi connectivity index (χ2v) is 7.83. The van der Waals surface area contributed by atoms with Crippen molar-refractivity contribution < 1.29 is 9.15 Å². The molecule has 2 aliphatic rings. The van der Waals surface area contributed by atoms with E-state index in [-0.39, 0.29) is 24.0 Å². The van der Waals surface area contributed by atoms with Gasteiger partial charge in [-0.25, -0.2) is 0 Å². The van der Waals surface area contributed by atoms with Crippen LogP contribution in [0.15, 0.2) is 27.8 Å². The molecule has 1 aromatic rings. The predicted molar refractivity (Wildman–Crippen MR) is 120 cm³/mol. The van der Waals surface area contributed by atoms with E-state index in [0.29, 0.717) is 5.92 Å². The molecule has 154 valence electrons. The second-order valence-electron chi connectivity index (χ2n) is 7.83. The molecule has 27 heavy (non-hydrogen) atoms. The van der Waals surface area contributed by atoms with E-state index in [4.69, 9.17) is 14.1 Å². The van der Waals surface area contributed by atoms with Gasteiger partial charge in [0, 0.05) is 64.8 Å². The monoisotopic (exact) mass is 490 g/mol. The van der Waals surface area contributed by atoms with Gasteiger partial charge in [0.1, 0.15) is 5.76 Å². The Hall–Kier alpha value is -0.800. The summed E-state index contributed by atoms with van der Waals surface area (Å²) in [6.45, 7) is 13.5. The Morgan fingerprint density at radius 1 is 1.30 bits per heavy atom. The quantitative estimate of drug-likeness (QED) is 0.362. The average Bonchev–Trinajstić information content (AvgIpc) is 3.32. The number of guanidine groups is 1. The molecule has 6 nitrogen and oxygen atoms in total. The van der Waals surface area contributed by atoms with Gasteiger partial charge in [-0.05, 0) is 24.5 Å². The minimum atomic E-state index is 0. The number of hydrogen-bond donors (Lipinski definition) is 1. The van der Waals surface area contributed by atoms with Gasteiger partial charge < -0.3 is 19.4 Å². The van der Waals surface area contributed by atoms with Crippen LogP contribution in [-0.2, 0) is 11.2 Å². The standard InChI is InChI=1S/C20H34N4O2.HI/c1-17(2)15-23-8-10-24(11-9-23)20(22-14-18-6-13-25-16-18)21-7-5-19-4-3-12-26-19;/h3-4,12,17-18H,5-11,13-16H2,1-2H3,(H,21,22);1H. The Morgan fingerprint density at radius 3 is 2.74 bits per heavy atom. The van der Waals surface area contributed by atoms with E-state index in [1.807, 2.05) is 12.1 Å². The summed E-state index contributed by atoms with van der Waals surface area (Å²) in [6, 6.07) is 3.97. The van der Waals surface area contributed by atoms with Gasteiger partial charge in [0.2, 0.25) is 0 Å². The van der Waals surface area contributed by atoms with Crippen LogP contribution in [0, 0.1) is 11.8 Å². The number of hydrogen-bond acceptors (Lipinski definition) is 4. The van der Waals surface area contributed by atoms with Gasteiger partial charge in [-0.1, -0.05) is 13.8 Å². The highest BCUT2D eigenvalue weighted by atomic mass is 127. The molecule has 1 unspecified atom stereocenters. The first kappa shape index (κ1) is 22.5. The molecule has 0 aliphatic carbocycles. The van der Waals surface area contributed by atoms with E-state index < -0.39 is 0 Å². The van der Waals surface area contributed by atoms with E-state index in [1.54, 1.807) is 6.26 Å². The molecule has 0 saturated carbocycles. The molecular formula is C20H35IN4O2. The van der Waals surface area contributed by atoms with Crippen LogP contribution in [-0.4, -0.2) is 74.8 Å². The number of aliphatic imine (C=N–C) groups is 1. The summed E-state index contributed by atoms with van der Waals surface area (Å²) in [7, 11) is 0. The molecule has 0 aromatic carbocycles. The molecule has 3 heterocycles. The normalized spacial score (nSPS) is 21.5. The van der Waals surface area contributed by atoms with E-state index in [9.17, 15) is 0 Å². The van der Waals surface area contributed by atoms with Crippen molar-refractivity contribution in [2.75, 3.05) is 59.0 Å². The summed E-state index contributed by atoms with van der Waals surface area (Å²) in [5.41, 5.74) is 0. The smallest absolute Gasteiger partial charge is 0.194 e. The van der Waals surface area contributed by atoms with Gasteiger partial charge in [0.05, 0.1) is 12.9 Å². The van der Waals surface area contributed by atoms with Crippen molar-refractivity contribution >= 4 is 29.9 Å². The number of rotatable bonds is 7. The predicted octanol–water partition coefficient (Wildman–Crippen LogP) is 2.70. The Balaban J connectivity index is 0.00000261. The highest BCUT2D eigenvalue weighted by Crippen LogP contribution is 2.13. The first-order valence-electron chi connectivity index (χ1n) is 10.1. The van der Waals surface area contributed by atoms with Gasteiger partial charge in [-0.15, -0.1) is 24.0 Å². The largest absolute Gasteiger partial charge is 0.469 e. The topological polar surface area (TPSA) is 53.2 Å². The minimum absolute atomic E-state index is 0. The van der Waals surface area contributed by atoms with E-state index >= 15 is 0 Å². The fourth-order valence-corrected chi connectivity index (χ4v) is 3.62. The Labute approximate surface area is 180 Å². The van der Waals surface area contributed by atoms with Gasteiger partial charge in [0.15, 0.2) is 5.96 Å². The maximum Gasteiger partial charge on any atom is 0.194 e. The average molecular weight is 490 g/mol. The lowest BCUT2D eigenvalue weighted by atomic mass is 10.1. The summed E-state index contributed by atoms with van der Waals surface area (Å²) in [6.07, 6.45) is 3.75. The first-order valence-corrected chi connectivity index (χ1v) is 10.1. The third-order valence-electron chi connectivity index (χ3n) is 5.05. The van der Waals surface area contributed by atoms with Crippen LogP contribution < -0.4 is 5.32 Å². The number of nitrogens with zero attached hydrogens (tertiary/aromatic N) is 3. The molecule has 7 heteroatoms. The van der Waals surface area contributed by atoms with Gasteiger partial charge in [-0.2, -0.15) is 0 Å². The lowest BCUT2D eigenvalue weighted by Gasteiger charge is -2.37. The minimum Gasteiger partial charge on any atom is -0.469 e. The molecule has 0 spiro atoms. The summed E-state index contributed by atoms with van der Waals surface area (Å²) in [5, 5.41) is 3.56. The van der Waals surface area contributed by atoms with Crippen LogP contribution in [0.3, 0.4) is 0 Å². The van der Waals surface area contributed by atoms with Crippen molar-refractivity contribution in [1.29, 1.82) is 0 Å². The third kappa shape index (κ3) is 7.62. The molecule has 0 amide bonds. The molecule has 2 aliphatic heterocycles. The second kappa shape index (κ2) is 11.9. The van der Waals surface area contributed by atoms with Gasteiger partial charge in [0.25, 0.3) is 0 Å².